The highest BCUT2D eigenvalue weighted by Crippen LogP contribution is 2.21. The van der Waals surface area contributed by atoms with E-state index >= 15 is 0 Å². The molecule has 2 aromatic rings. The number of anilines is 1. The van der Waals surface area contributed by atoms with Gasteiger partial charge in [0.15, 0.2) is 0 Å². The van der Waals surface area contributed by atoms with Crippen molar-refractivity contribution < 1.29 is 4.79 Å². The topological polar surface area (TPSA) is 117 Å². The van der Waals surface area contributed by atoms with Crippen LogP contribution in [0.25, 0.3) is 0 Å². The number of hydrogen-bond donors (Lipinski definition) is 4. The zero-order valence-electron chi connectivity index (χ0n) is 14.9. The van der Waals surface area contributed by atoms with Gasteiger partial charge in [0.1, 0.15) is 6.54 Å². The molecular formula is C17H25N7O2. The molecule has 0 bridgehead atoms. The third-order valence-corrected chi connectivity index (χ3v) is 4.29. The fraction of sp³-hybridized carbons (Fsp3) is 0.529. The molecule has 1 aliphatic rings. The van der Waals surface area contributed by atoms with Gasteiger partial charge in [-0.25, -0.2) is 4.98 Å². The van der Waals surface area contributed by atoms with Crippen LogP contribution in [0.3, 0.4) is 0 Å². The number of amides is 1. The van der Waals surface area contributed by atoms with Gasteiger partial charge in [0, 0.05) is 43.5 Å². The summed E-state index contributed by atoms with van der Waals surface area (Å²) in [6.07, 6.45) is 4.15. The van der Waals surface area contributed by atoms with Crippen molar-refractivity contribution in [2.75, 3.05) is 31.5 Å². The highest BCUT2D eigenvalue weighted by Gasteiger charge is 2.17. The van der Waals surface area contributed by atoms with Gasteiger partial charge in [-0.2, -0.15) is 5.10 Å². The van der Waals surface area contributed by atoms with Crippen LogP contribution in [-0.2, 0) is 11.3 Å². The molecule has 1 amide bonds. The molecule has 140 valence electrons. The van der Waals surface area contributed by atoms with Crippen molar-refractivity contribution in [2.45, 2.75) is 32.2 Å². The van der Waals surface area contributed by atoms with E-state index < -0.39 is 0 Å². The van der Waals surface area contributed by atoms with Gasteiger partial charge >= 0.3 is 0 Å². The van der Waals surface area contributed by atoms with E-state index in [-0.39, 0.29) is 18.0 Å². The Hall–Kier alpha value is -2.68. The molecule has 0 aromatic carbocycles. The second-order valence-corrected chi connectivity index (χ2v) is 6.49. The summed E-state index contributed by atoms with van der Waals surface area (Å²) in [7, 11) is 0. The number of aromatic nitrogens is 4. The van der Waals surface area contributed by atoms with Crippen LogP contribution >= 0.6 is 0 Å². The molecule has 1 aliphatic heterocycles. The summed E-state index contributed by atoms with van der Waals surface area (Å²) in [6.45, 7) is 4.86. The normalized spacial score (nSPS) is 17.0. The van der Waals surface area contributed by atoms with E-state index in [9.17, 15) is 9.59 Å². The first-order valence-electron chi connectivity index (χ1n) is 8.93. The fourth-order valence-electron chi connectivity index (χ4n) is 3.04. The largest absolute Gasteiger partial charge is 0.354 e. The van der Waals surface area contributed by atoms with Crippen molar-refractivity contribution in [1.29, 1.82) is 0 Å². The summed E-state index contributed by atoms with van der Waals surface area (Å²) >= 11 is 0. The predicted octanol–water partition coefficient (Wildman–Crippen LogP) is -0.0299. The fourth-order valence-corrected chi connectivity index (χ4v) is 3.04. The monoisotopic (exact) mass is 359 g/mol. The lowest BCUT2D eigenvalue weighted by atomic mass is 9.97. The molecule has 3 heterocycles. The van der Waals surface area contributed by atoms with Crippen LogP contribution in [0.5, 0.6) is 0 Å². The van der Waals surface area contributed by atoms with Gasteiger partial charge in [0.25, 0.3) is 5.56 Å². The van der Waals surface area contributed by atoms with Gasteiger partial charge in [0.05, 0.1) is 5.69 Å². The minimum Gasteiger partial charge on any atom is -0.354 e. The third kappa shape index (κ3) is 5.16. The van der Waals surface area contributed by atoms with Crippen LogP contribution in [0.1, 0.15) is 30.1 Å². The van der Waals surface area contributed by atoms with E-state index in [0.717, 1.165) is 31.6 Å². The first kappa shape index (κ1) is 18.1. The van der Waals surface area contributed by atoms with Crippen molar-refractivity contribution in [2.24, 2.45) is 0 Å². The number of aromatic amines is 1. The molecule has 0 radical (unpaired) electrons. The quantitative estimate of drug-likeness (QED) is 0.516. The Bertz CT molecular complexity index is 792. The molecule has 1 saturated heterocycles. The Morgan fingerprint density at radius 1 is 1.42 bits per heavy atom. The summed E-state index contributed by atoms with van der Waals surface area (Å²) in [5, 5.41) is 13.7. The number of H-pyrrole nitrogens is 1. The molecule has 9 heteroatoms. The second kappa shape index (κ2) is 8.61. The van der Waals surface area contributed by atoms with Crippen LogP contribution in [0, 0.1) is 6.92 Å². The maximum absolute atomic E-state index is 12.0. The van der Waals surface area contributed by atoms with E-state index in [1.165, 1.54) is 6.07 Å². The van der Waals surface area contributed by atoms with E-state index in [0.29, 0.717) is 30.6 Å². The molecule has 2 aromatic heterocycles. The van der Waals surface area contributed by atoms with Gasteiger partial charge in [-0.1, -0.05) is 0 Å². The maximum Gasteiger partial charge on any atom is 0.252 e. The summed E-state index contributed by atoms with van der Waals surface area (Å²) in [5.41, 5.74) is 1.48. The minimum absolute atomic E-state index is 0.103. The average molecular weight is 359 g/mol. The van der Waals surface area contributed by atoms with Gasteiger partial charge in [-0.05, 0) is 32.4 Å². The standard InChI is InChI=1S/C17H25N7O2/c1-12-9-15(25)22-17(21-12)20-7-6-19-16(26)11-24-8-4-14(23-24)13-3-2-5-18-10-13/h4,8-9,13,18H,2-3,5-7,10-11H2,1H3,(H,19,26)(H2,20,21,22,25)/t13-/m1/s1. The molecule has 0 unspecified atom stereocenters. The van der Waals surface area contributed by atoms with Gasteiger partial charge in [0.2, 0.25) is 11.9 Å². The number of nitrogens with zero attached hydrogens (tertiary/aromatic N) is 3. The van der Waals surface area contributed by atoms with E-state index in [1.54, 1.807) is 11.6 Å². The van der Waals surface area contributed by atoms with E-state index in [4.69, 9.17) is 0 Å². The van der Waals surface area contributed by atoms with Crippen molar-refractivity contribution in [3.8, 4) is 0 Å². The van der Waals surface area contributed by atoms with Crippen LogP contribution < -0.4 is 21.5 Å². The van der Waals surface area contributed by atoms with Crippen molar-refractivity contribution in [3.63, 3.8) is 0 Å². The number of aryl methyl sites for hydroxylation is 1. The van der Waals surface area contributed by atoms with E-state index in [2.05, 4.69) is 31.0 Å². The molecule has 0 aliphatic carbocycles. The molecule has 1 fully saturated rings. The van der Waals surface area contributed by atoms with Crippen LogP contribution in [0.15, 0.2) is 23.1 Å². The Morgan fingerprint density at radius 2 is 2.31 bits per heavy atom. The van der Waals surface area contributed by atoms with Crippen molar-refractivity contribution in [3.05, 3.63) is 40.1 Å². The molecule has 1 atom stereocenters. The van der Waals surface area contributed by atoms with E-state index in [1.807, 2.05) is 12.3 Å². The maximum atomic E-state index is 12.0. The molecular weight excluding hydrogens is 334 g/mol. The number of carbonyl (C=O) groups excluding carboxylic acids is 1. The van der Waals surface area contributed by atoms with Crippen LogP contribution in [0.4, 0.5) is 5.95 Å². The average Bonchev–Trinajstić information content (AvgIpc) is 3.07. The Kier molecular flexibility index (Phi) is 6.00. The second-order valence-electron chi connectivity index (χ2n) is 6.49. The molecule has 0 saturated carbocycles. The molecule has 26 heavy (non-hydrogen) atoms. The Morgan fingerprint density at radius 3 is 3.08 bits per heavy atom. The first-order valence-corrected chi connectivity index (χ1v) is 8.93. The smallest absolute Gasteiger partial charge is 0.252 e. The molecule has 9 nitrogen and oxygen atoms in total. The number of piperidine rings is 1. The number of rotatable bonds is 7. The van der Waals surface area contributed by atoms with Gasteiger partial charge in [-0.15, -0.1) is 0 Å². The number of nitrogens with one attached hydrogen (secondary N) is 4. The van der Waals surface area contributed by atoms with Crippen molar-refractivity contribution in [1.82, 2.24) is 30.4 Å². The third-order valence-electron chi connectivity index (χ3n) is 4.29. The Labute approximate surface area is 151 Å². The zero-order valence-corrected chi connectivity index (χ0v) is 14.9. The highest BCUT2D eigenvalue weighted by atomic mass is 16.2. The predicted molar refractivity (Wildman–Crippen MR) is 98.2 cm³/mol. The van der Waals surface area contributed by atoms with Gasteiger partial charge in [-0.3, -0.25) is 19.3 Å². The van der Waals surface area contributed by atoms with Gasteiger partial charge < -0.3 is 16.0 Å². The zero-order chi connectivity index (χ0) is 18.4. The summed E-state index contributed by atoms with van der Waals surface area (Å²) in [6, 6.07) is 3.42. The molecule has 4 N–H and O–H groups in total. The lowest BCUT2D eigenvalue weighted by Crippen LogP contribution is -2.32. The lowest BCUT2D eigenvalue weighted by molar-refractivity contribution is -0.121. The molecule has 0 spiro atoms. The lowest BCUT2D eigenvalue weighted by Gasteiger charge is -2.20. The minimum atomic E-state index is -0.202. The number of hydrogen-bond acceptors (Lipinski definition) is 6. The summed E-state index contributed by atoms with van der Waals surface area (Å²) < 4.78 is 1.67. The van der Waals surface area contributed by atoms with Crippen LogP contribution in [0.2, 0.25) is 0 Å². The SMILES string of the molecule is Cc1cc(=O)[nH]c(NCCNC(=O)Cn2ccc([C@@H]3CCCNC3)n2)n1. The number of carbonyl (C=O) groups is 1. The summed E-state index contributed by atoms with van der Waals surface area (Å²) in [4.78, 5) is 30.2. The Balaban J connectivity index is 1.40. The summed E-state index contributed by atoms with van der Waals surface area (Å²) in [5.74, 6) is 0.734. The molecule has 3 rings (SSSR count). The van der Waals surface area contributed by atoms with Crippen LogP contribution in [-0.4, -0.2) is 51.8 Å². The highest BCUT2D eigenvalue weighted by molar-refractivity contribution is 5.75. The first-order chi connectivity index (χ1) is 12.6. The van der Waals surface area contributed by atoms with Crippen molar-refractivity contribution >= 4 is 11.9 Å².